The predicted molar refractivity (Wildman–Crippen MR) is 87.6 cm³/mol. The highest BCUT2D eigenvalue weighted by molar-refractivity contribution is 9.08. The van der Waals surface area contributed by atoms with Crippen molar-refractivity contribution in [3.8, 4) is 5.75 Å². The zero-order valence-electron chi connectivity index (χ0n) is 11.0. The molecule has 1 heterocycles. The highest BCUT2D eigenvalue weighted by Crippen LogP contribution is 2.39. The second-order valence-electron chi connectivity index (χ2n) is 4.69. The topological polar surface area (TPSA) is 12.5 Å². The van der Waals surface area contributed by atoms with Crippen molar-refractivity contribution in [1.82, 2.24) is 0 Å². The fraction of sp³-hybridized carbons (Fsp3) is 0.250. The number of rotatable bonds is 2. The van der Waals surface area contributed by atoms with Crippen molar-refractivity contribution in [1.29, 1.82) is 0 Å². The first-order chi connectivity index (χ1) is 9.81. The minimum Gasteiger partial charge on any atom is -0.491 e. The molecule has 0 unspecified atom stereocenters. The summed E-state index contributed by atoms with van der Waals surface area (Å²) in [4.78, 5) is 2.30. The van der Waals surface area contributed by atoms with Crippen molar-refractivity contribution in [3.63, 3.8) is 0 Å². The molecule has 0 aromatic heterocycles. The standard InChI is InChI=1S/C16H15BrClNO/c17-11-12-13(18)5-3-7-14(12)19-9-4-10-20-16-8-2-1-6-15(16)19/h1-3,5-8H,4,9-11H2. The van der Waals surface area contributed by atoms with Gasteiger partial charge in [0.05, 0.1) is 12.3 Å². The molecule has 0 saturated carbocycles. The molecule has 2 nitrogen and oxygen atoms in total. The monoisotopic (exact) mass is 351 g/mol. The summed E-state index contributed by atoms with van der Waals surface area (Å²) in [5.41, 5.74) is 3.37. The molecule has 0 aliphatic carbocycles. The number of benzene rings is 2. The van der Waals surface area contributed by atoms with Gasteiger partial charge in [-0.2, -0.15) is 0 Å². The van der Waals surface area contributed by atoms with Crippen LogP contribution in [0.4, 0.5) is 11.4 Å². The highest BCUT2D eigenvalue weighted by Gasteiger charge is 2.20. The minimum absolute atomic E-state index is 0.738. The zero-order valence-corrected chi connectivity index (χ0v) is 13.3. The molecule has 0 radical (unpaired) electrons. The molecule has 0 atom stereocenters. The first-order valence-corrected chi connectivity index (χ1v) is 8.14. The number of fused-ring (bicyclic) bond motifs is 1. The van der Waals surface area contributed by atoms with Crippen LogP contribution in [0.25, 0.3) is 0 Å². The van der Waals surface area contributed by atoms with E-state index in [1.165, 1.54) is 0 Å². The zero-order chi connectivity index (χ0) is 13.9. The molecule has 1 aliphatic rings. The summed E-state index contributed by atoms with van der Waals surface area (Å²) in [5.74, 6) is 0.936. The molecule has 0 saturated heterocycles. The van der Waals surface area contributed by atoms with Crippen molar-refractivity contribution in [2.24, 2.45) is 0 Å². The largest absolute Gasteiger partial charge is 0.491 e. The van der Waals surface area contributed by atoms with Crippen LogP contribution in [0.15, 0.2) is 42.5 Å². The third-order valence-corrected chi connectivity index (χ3v) is 4.37. The lowest BCUT2D eigenvalue weighted by molar-refractivity contribution is 0.322. The third-order valence-electron chi connectivity index (χ3n) is 3.46. The molecule has 2 aromatic rings. The molecule has 2 aromatic carbocycles. The SMILES string of the molecule is Clc1cccc(N2CCCOc3ccccc32)c1CBr. The van der Waals surface area contributed by atoms with Crippen LogP contribution in [0, 0.1) is 0 Å². The van der Waals surface area contributed by atoms with Crippen molar-refractivity contribution in [3.05, 3.63) is 53.1 Å². The van der Waals surface area contributed by atoms with Gasteiger partial charge in [0, 0.05) is 28.1 Å². The Morgan fingerprint density at radius 2 is 1.90 bits per heavy atom. The number of nitrogens with zero attached hydrogens (tertiary/aromatic N) is 1. The maximum absolute atomic E-state index is 6.33. The summed E-state index contributed by atoms with van der Waals surface area (Å²) >= 11 is 9.87. The normalized spacial score (nSPS) is 14.4. The van der Waals surface area contributed by atoms with Gasteiger partial charge < -0.3 is 9.64 Å². The second-order valence-corrected chi connectivity index (χ2v) is 5.66. The summed E-state index contributed by atoms with van der Waals surface area (Å²) in [6.07, 6.45) is 0.989. The third kappa shape index (κ3) is 2.52. The quantitative estimate of drug-likeness (QED) is 0.693. The van der Waals surface area contributed by atoms with E-state index in [0.717, 1.165) is 52.6 Å². The molecule has 0 fully saturated rings. The molecule has 4 heteroatoms. The Morgan fingerprint density at radius 3 is 2.75 bits per heavy atom. The van der Waals surface area contributed by atoms with Crippen LogP contribution in [0.5, 0.6) is 5.75 Å². The lowest BCUT2D eigenvalue weighted by Crippen LogP contribution is -2.19. The van der Waals surface area contributed by atoms with Gasteiger partial charge in [-0.25, -0.2) is 0 Å². The van der Waals surface area contributed by atoms with E-state index in [1.54, 1.807) is 0 Å². The van der Waals surface area contributed by atoms with Crippen LogP contribution in [0.1, 0.15) is 12.0 Å². The fourth-order valence-corrected chi connectivity index (χ4v) is 3.50. The smallest absolute Gasteiger partial charge is 0.142 e. The Kier molecular flexibility index (Phi) is 4.18. The number of hydrogen-bond donors (Lipinski definition) is 0. The summed E-state index contributed by atoms with van der Waals surface area (Å²) in [7, 11) is 0. The summed E-state index contributed by atoms with van der Waals surface area (Å²) in [6, 6.07) is 14.2. The van der Waals surface area contributed by atoms with Crippen LogP contribution < -0.4 is 9.64 Å². The van der Waals surface area contributed by atoms with Gasteiger partial charge in [0.25, 0.3) is 0 Å². The molecular weight excluding hydrogens is 338 g/mol. The average molecular weight is 353 g/mol. The van der Waals surface area contributed by atoms with E-state index in [1.807, 2.05) is 30.3 Å². The van der Waals surface area contributed by atoms with Crippen LogP contribution in [0.3, 0.4) is 0 Å². The summed E-state index contributed by atoms with van der Waals surface area (Å²) in [6.45, 7) is 1.68. The van der Waals surface area contributed by atoms with Crippen molar-refractivity contribution < 1.29 is 4.74 Å². The van der Waals surface area contributed by atoms with Gasteiger partial charge in [-0.15, -0.1) is 0 Å². The predicted octanol–water partition coefficient (Wildman–Crippen LogP) is 5.16. The Balaban J connectivity index is 2.12. The molecule has 0 spiro atoms. The number of halogens is 2. The Labute approximate surface area is 132 Å². The Bertz CT molecular complexity index is 617. The minimum atomic E-state index is 0.738. The van der Waals surface area contributed by atoms with E-state index in [4.69, 9.17) is 16.3 Å². The van der Waals surface area contributed by atoms with Gasteiger partial charge in [-0.3, -0.25) is 0 Å². The van der Waals surface area contributed by atoms with Gasteiger partial charge in [-0.05, 0) is 30.7 Å². The summed E-state index contributed by atoms with van der Waals surface area (Å²) in [5, 5.41) is 1.53. The van der Waals surface area contributed by atoms with Crippen molar-refractivity contribution in [2.45, 2.75) is 11.8 Å². The maximum Gasteiger partial charge on any atom is 0.142 e. The Morgan fingerprint density at radius 1 is 1.10 bits per heavy atom. The van der Waals surface area contributed by atoms with Crippen molar-refractivity contribution >= 4 is 38.9 Å². The number of ether oxygens (including phenoxy) is 1. The molecule has 3 rings (SSSR count). The lowest BCUT2D eigenvalue weighted by atomic mass is 10.1. The molecular formula is C16H15BrClNO. The fourth-order valence-electron chi connectivity index (χ4n) is 2.51. The molecule has 20 heavy (non-hydrogen) atoms. The average Bonchev–Trinajstić information content (AvgIpc) is 2.69. The van der Waals surface area contributed by atoms with E-state index in [2.05, 4.69) is 33.0 Å². The van der Waals surface area contributed by atoms with Gasteiger partial charge in [0.2, 0.25) is 0 Å². The van der Waals surface area contributed by atoms with Crippen LogP contribution >= 0.6 is 27.5 Å². The van der Waals surface area contributed by atoms with Gasteiger partial charge in [0.15, 0.2) is 0 Å². The van der Waals surface area contributed by atoms with Crippen molar-refractivity contribution in [2.75, 3.05) is 18.1 Å². The Hall–Kier alpha value is -1.19. The molecule has 104 valence electrons. The van der Waals surface area contributed by atoms with Crippen LogP contribution in [-0.4, -0.2) is 13.2 Å². The number of anilines is 2. The van der Waals surface area contributed by atoms with Gasteiger partial charge in [0.1, 0.15) is 5.75 Å². The number of para-hydroxylation sites is 2. The first-order valence-electron chi connectivity index (χ1n) is 6.64. The molecule has 0 N–H and O–H groups in total. The van der Waals surface area contributed by atoms with E-state index < -0.39 is 0 Å². The maximum atomic E-state index is 6.33. The second kappa shape index (κ2) is 6.06. The van der Waals surface area contributed by atoms with Crippen LogP contribution in [0.2, 0.25) is 5.02 Å². The lowest BCUT2D eigenvalue weighted by Gasteiger charge is -2.26. The van der Waals surface area contributed by atoms with E-state index in [9.17, 15) is 0 Å². The number of alkyl halides is 1. The van der Waals surface area contributed by atoms with E-state index in [0.29, 0.717) is 0 Å². The van der Waals surface area contributed by atoms with E-state index in [-0.39, 0.29) is 0 Å². The first kappa shape index (κ1) is 13.8. The van der Waals surface area contributed by atoms with Gasteiger partial charge >= 0.3 is 0 Å². The molecule has 0 bridgehead atoms. The van der Waals surface area contributed by atoms with Crippen LogP contribution in [-0.2, 0) is 5.33 Å². The number of hydrogen-bond acceptors (Lipinski definition) is 2. The van der Waals surface area contributed by atoms with E-state index >= 15 is 0 Å². The highest BCUT2D eigenvalue weighted by atomic mass is 79.9. The molecule has 0 amide bonds. The van der Waals surface area contributed by atoms with Gasteiger partial charge in [-0.1, -0.05) is 45.7 Å². The molecule has 1 aliphatic heterocycles. The summed E-state index contributed by atoms with van der Waals surface area (Å²) < 4.78 is 5.82.